The van der Waals surface area contributed by atoms with Gasteiger partial charge >= 0.3 is 0 Å². The minimum absolute atomic E-state index is 0.259. The molecule has 0 N–H and O–H groups in total. The number of allylic oxidation sites excluding steroid dienone is 1. The van der Waals surface area contributed by atoms with Gasteiger partial charge in [0, 0.05) is 23.9 Å². The van der Waals surface area contributed by atoms with Crippen LogP contribution in [0.5, 0.6) is 0 Å². The Morgan fingerprint density at radius 3 is 2.40 bits per heavy atom. The van der Waals surface area contributed by atoms with Crippen molar-refractivity contribution in [3.63, 3.8) is 0 Å². The molecule has 0 spiro atoms. The van der Waals surface area contributed by atoms with Crippen LogP contribution in [0.3, 0.4) is 0 Å². The first-order valence-corrected chi connectivity index (χ1v) is 8.95. The largest absolute Gasteiger partial charge is 0.235 e. The van der Waals surface area contributed by atoms with E-state index in [1.165, 1.54) is 44.2 Å². The van der Waals surface area contributed by atoms with Gasteiger partial charge in [-0.05, 0) is 68.7 Å². The van der Waals surface area contributed by atoms with Crippen LogP contribution < -0.4 is 0 Å². The minimum atomic E-state index is -0.259. The quantitative estimate of drug-likeness (QED) is 0.552. The molecule has 0 bridgehead atoms. The smallest absolute Gasteiger partial charge is 0.159 e. The lowest BCUT2D eigenvalue weighted by atomic mass is 9.80. The van der Waals surface area contributed by atoms with Crippen molar-refractivity contribution in [3.8, 4) is 23.2 Å². The highest BCUT2D eigenvalue weighted by atomic mass is 19.1. The van der Waals surface area contributed by atoms with E-state index in [1.807, 2.05) is 6.08 Å². The molecule has 0 unspecified atom stereocenters. The summed E-state index contributed by atoms with van der Waals surface area (Å²) in [5, 5.41) is 0. The van der Waals surface area contributed by atoms with E-state index in [-0.39, 0.29) is 5.82 Å². The predicted octanol–water partition coefficient (Wildman–Crippen LogP) is 5.41. The van der Waals surface area contributed by atoms with Crippen LogP contribution >= 0.6 is 0 Å². The molecule has 3 rings (SSSR count). The summed E-state index contributed by atoms with van der Waals surface area (Å²) in [6, 6.07) is 6.19. The summed E-state index contributed by atoms with van der Waals surface area (Å²) in [6.45, 7) is 3.80. The van der Waals surface area contributed by atoms with Crippen LogP contribution in [0.25, 0.3) is 11.4 Å². The van der Waals surface area contributed by atoms with Gasteiger partial charge in [0.2, 0.25) is 0 Å². The average Bonchev–Trinajstić information content (AvgIpc) is 2.67. The molecule has 25 heavy (non-hydrogen) atoms. The fraction of sp³-hybridized carbons (Fsp3) is 0.364. The Hall–Kier alpha value is -2.47. The lowest BCUT2D eigenvalue weighted by molar-refractivity contribution is 0.303. The van der Waals surface area contributed by atoms with Crippen molar-refractivity contribution in [2.24, 2.45) is 11.8 Å². The highest BCUT2D eigenvalue weighted by molar-refractivity contribution is 5.54. The van der Waals surface area contributed by atoms with Gasteiger partial charge in [0.15, 0.2) is 5.82 Å². The van der Waals surface area contributed by atoms with Crippen LogP contribution in [0.1, 0.15) is 44.1 Å². The first-order valence-electron chi connectivity index (χ1n) is 8.95. The van der Waals surface area contributed by atoms with Gasteiger partial charge in [-0.1, -0.05) is 17.9 Å². The number of aromatic nitrogens is 2. The molecule has 3 heteroatoms. The third-order valence-corrected chi connectivity index (χ3v) is 4.80. The Kier molecular flexibility index (Phi) is 5.95. The van der Waals surface area contributed by atoms with Crippen molar-refractivity contribution in [3.05, 3.63) is 60.7 Å². The van der Waals surface area contributed by atoms with Gasteiger partial charge < -0.3 is 0 Å². The SMILES string of the molecule is C=CCC[C@H]1CC[C@H](C#Cc2cnc(-c3ccc(F)cc3)nc2)CC1. The fourth-order valence-electron chi connectivity index (χ4n) is 3.28. The molecule has 1 aromatic heterocycles. The summed E-state index contributed by atoms with van der Waals surface area (Å²) >= 11 is 0. The summed E-state index contributed by atoms with van der Waals surface area (Å²) in [6.07, 6.45) is 12.8. The first-order chi connectivity index (χ1) is 12.2. The van der Waals surface area contributed by atoms with Crippen molar-refractivity contribution in [2.75, 3.05) is 0 Å². The summed E-state index contributed by atoms with van der Waals surface area (Å²) < 4.78 is 13.0. The molecular weight excluding hydrogens is 311 g/mol. The fourth-order valence-corrected chi connectivity index (χ4v) is 3.28. The maximum Gasteiger partial charge on any atom is 0.159 e. The molecule has 1 aliphatic carbocycles. The molecular formula is C22H23FN2. The van der Waals surface area contributed by atoms with Gasteiger partial charge in [0.1, 0.15) is 5.82 Å². The number of hydrogen-bond acceptors (Lipinski definition) is 2. The van der Waals surface area contributed by atoms with Crippen LogP contribution in [-0.2, 0) is 0 Å². The topological polar surface area (TPSA) is 25.8 Å². The Balaban J connectivity index is 1.57. The molecule has 0 radical (unpaired) electrons. The molecule has 0 saturated heterocycles. The van der Waals surface area contributed by atoms with Crippen LogP contribution in [0.2, 0.25) is 0 Å². The van der Waals surface area contributed by atoms with Gasteiger partial charge in [-0.3, -0.25) is 0 Å². The van der Waals surface area contributed by atoms with Gasteiger partial charge in [0.05, 0.1) is 5.56 Å². The molecule has 1 heterocycles. The van der Waals surface area contributed by atoms with Gasteiger partial charge in [0.25, 0.3) is 0 Å². The Labute approximate surface area is 149 Å². The average molecular weight is 334 g/mol. The second-order valence-corrected chi connectivity index (χ2v) is 6.66. The zero-order valence-electron chi connectivity index (χ0n) is 14.4. The van der Waals surface area contributed by atoms with Crippen molar-refractivity contribution in [1.82, 2.24) is 9.97 Å². The van der Waals surface area contributed by atoms with E-state index >= 15 is 0 Å². The third-order valence-electron chi connectivity index (χ3n) is 4.80. The van der Waals surface area contributed by atoms with E-state index in [2.05, 4.69) is 28.4 Å². The molecule has 1 saturated carbocycles. The number of hydrogen-bond donors (Lipinski definition) is 0. The van der Waals surface area contributed by atoms with E-state index in [9.17, 15) is 4.39 Å². The Morgan fingerprint density at radius 2 is 1.76 bits per heavy atom. The summed E-state index contributed by atoms with van der Waals surface area (Å²) in [4.78, 5) is 8.69. The maximum atomic E-state index is 13.0. The molecule has 1 fully saturated rings. The summed E-state index contributed by atoms with van der Waals surface area (Å²) in [5.74, 6) is 8.25. The molecule has 0 amide bonds. The van der Waals surface area contributed by atoms with E-state index in [0.29, 0.717) is 11.7 Å². The van der Waals surface area contributed by atoms with Crippen LogP contribution in [0.15, 0.2) is 49.3 Å². The molecule has 128 valence electrons. The molecule has 0 atom stereocenters. The van der Waals surface area contributed by atoms with Crippen LogP contribution in [-0.4, -0.2) is 9.97 Å². The first kappa shape index (κ1) is 17.4. The van der Waals surface area contributed by atoms with E-state index < -0.39 is 0 Å². The highest BCUT2D eigenvalue weighted by Gasteiger charge is 2.19. The van der Waals surface area contributed by atoms with E-state index in [4.69, 9.17) is 0 Å². The molecule has 2 nitrogen and oxygen atoms in total. The van der Waals surface area contributed by atoms with Gasteiger partial charge in [-0.25, -0.2) is 14.4 Å². The lowest BCUT2D eigenvalue weighted by Gasteiger charge is -2.25. The predicted molar refractivity (Wildman–Crippen MR) is 99.2 cm³/mol. The zero-order chi connectivity index (χ0) is 17.5. The third kappa shape index (κ3) is 5.00. The van der Waals surface area contributed by atoms with Crippen molar-refractivity contribution in [2.45, 2.75) is 38.5 Å². The summed E-state index contributed by atoms with van der Waals surface area (Å²) in [7, 11) is 0. The van der Waals surface area contributed by atoms with Crippen LogP contribution in [0.4, 0.5) is 4.39 Å². The Bertz CT molecular complexity index is 745. The monoisotopic (exact) mass is 334 g/mol. The number of benzene rings is 1. The second kappa shape index (κ2) is 8.58. The normalized spacial score (nSPS) is 19.7. The number of nitrogens with zero attached hydrogens (tertiary/aromatic N) is 2. The minimum Gasteiger partial charge on any atom is -0.235 e. The van der Waals surface area contributed by atoms with Gasteiger partial charge in [-0.15, -0.1) is 6.58 Å². The summed E-state index contributed by atoms with van der Waals surface area (Å²) in [5.41, 5.74) is 1.64. The standard InChI is InChI=1S/C22H23FN2/c1-2-3-4-17-5-7-18(8-6-17)9-10-19-15-24-22(25-16-19)20-11-13-21(23)14-12-20/h2,11-18H,1,3-8H2/t17-,18-. The van der Waals surface area contributed by atoms with Crippen LogP contribution in [0, 0.1) is 29.5 Å². The zero-order valence-corrected chi connectivity index (χ0v) is 14.4. The van der Waals surface area contributed by atoms with E-state index in [1.54, 1.807) is 24.5 Å². The Morgan fingerprint density at radius 1 is 1.08 bits per heavy atom. The molecule has 0 aliphatic heterocycles. The molecule has 1 aromatic carbocycles. The number of halogens is 1. The maximum absolute atomic E-state index is 13.0. The van der Waals surface area contributed by atoms with Crippen molar-refractivity contribution in [1.29, 1.82) is 0 Å². The molecule has 1 aliphatic rings. The number of rotatable bonds is 4. The lowest BCUT2D eigenvalue weighted by Crippen LogP contribution is -2.13. The van der Waals surface area contributed by atoms with Gasteiger partial charge in [-0.2, -0.15) is 0 Å². The highest BCUT2D eigenvalue weighted by Crippen LogP contribution is 2.31. The second-order valence-electron chi connectivity index (χ2n) is 6.66. The van der Waals surface area contributed by atoms with Crippen molar-refractivity contribution >= 4 is 0 Å². The van der Waals surface area contributed by atoms with E-state index in [0.717, 1.165) is 23.5 Å². The molecule has 2 aromatic rings. The van der Waals surface area contributed by atoms with Crippen molar-refractivity contribution < 1.29 is 4.39 Å².